The fraction of sp³-hybridized carbons (Fsp3) is 0.414. The first-order valence-corrected chi connectivity index (χ1v) is 38.4. The van der Waals surface area contributed by atoms with Crippen molar-refractivity contribution in [1.29, 1.82) is 0 Å². The summed E-state index contributed by atoms with van der Waals surface area (Å²) in [5.74, 6) is -0.0228. The van der Waals surface area contributed by atoms with E-state index in [1.165, 1.54) is 77.0 Å². The Labute approximate surface area is 414 Å². The summed E-state index contributed by atoms with van der Waals surface area (Å²) in [6.07, 6.45) is 31.3. The summed E-state index contributed by atoms with van der Waals surface area (Å²) in [4.78, 5) is 23.2. The zero-order valence-electron chi connectivity index (χ0n) is 40.2. The van der Waals surface area contributed by atoms with Crippen LogP contribution in [0.4, 0.5) is 0 Å². The first-order valence-electron chi connectivity index (χ1n) is 24.4. The van der Waals surface area contributed by atoms with E-state index in [1.54, 1.807) is 50.9 Å². The molecule has 0 aromatic heterocycles. The van der Waals surface area contributed by atoms with Crippen LogP contribution in [-0.2, 0) is 30.0 Å². The van der Waals surface area contributed by atoms with Gasteiger partial charge in [-0.05, 0) is 46.6 Å². The van der Waals surface area contributed by atoms with Crippen molar-refractivity contribution >= 4 is 75.4 Å². The Morgan fingerprint density at radius 3 is 0.667 bits per heavy atom. The van der Waals surface area contributed by atoms with Crippen molar-refractivity contribution in [2.24, 2.45) is 0 Å². The minimum Gasteiger partial charge on any atom is -0.290 e. The zero-order chi connectivity index (χ0) is 45.1. The maximum absolute atomic E-state index is 11.6. The monoisotopic (exact) mass is 1160 g/mol. The van der Waals surface area contributed by atoms with E-state index in [-0.39, 0.29) is 32.0 Å². The Balaban J connectivity index is 0.000000821. The molecular formula is C58H84O2PdSn2. The van der Waals surface area contributed by atoms with Crippen molar-refractivity contribution in [1.82, 2.24) is 0 Å². The summed E-state index contributed by atoms with van der Waals surface area (Å²) >= 11 is -1.93. The Morgan fingerprint density at radius 1 is 0.333 bits per heavy atom. The Kier molecular flexibility index (Phi) is 42.8. The van der Waals surface area contributed by atoms with E-state index in [0.29, 0.717) is 0 Å². The third-order valence-electron chi connectivity index (χ3n) is 10.8. The molecule has 0 aliphatic carbocycles. The standard InChI is InChI=1S/2C17H14O.6C4H9.Pd.2Sn.2H/c2*18-17(13-11-15-7-3-1-4-8-15)14-12-16-9-5-2-6-10-16;6*1-3-4-2;;;;;/h2*1-14H;6*1,3-4H2,2H3;;;;;. The third kappa shape index (κ3) is 36.4. The van der Waals surface area contributed by atoms with Gasteiger partial charge >= 0.3 is 185 Å². The molecule has 346 valence electrons. The predicted molar refractivity (Wildman–Crippen MR) is 285 cm³/mol. The molecule has 0 spiro atoms. The van der Waals surface area contributed by atoms with Gasteiger partial charge in [-0.2, -0.15) is 0 Å². The number of benzene rings is 4. The molecule has 0 N–H and O–H groups in total. The molecule has 4 aromatic carbocycles. The minimum atomic E-state index is -0.967. The molecule has 0 amide bonds. The van der Waals surface area contributed by atoms with Gasteiger partial charge < -0.3 is 0 Å². The largest absolute Gasteiger partial charge is 0.290 e. The number of ketones is 2. The predicted octanol–water partition coefficient (Wildman–Crippen LogP) is 17.2. The van der Waals surface area contributed by atoms with Crippen LogP contribution in [0.15, 0.2) is 146 Å². The van der Waals surface area contributed by atoms with Crippen molar-refractivity contribution in [3.05, 3.63) is 168 Å². The molecule has 5 heteroatoms. The Hall–Kier alpha value is -2.56. The molecule has 4 aromatic rings. The zero-order valence-corrected chi connectivity index (χ0v) is 48.3. The van der Waals surface area contributed by atoms with Crippen molar-refractivity contribution in [2.45, 2.75) is 145 Å². The van der Waals surface area contributed by atoms with E-state index < -0.39 is 39.5 Å². The maximum Gasteiger partial charge on any atom is 0.178 e. The van der Waals surface area contributed by atoms with Crippen LogP contribution in [0.25, 0.3) is 24.3 Å². The van der Waals surface area contributed by atoms with Crippen molar-refractivity contribution in [3.8, 4) is 0 Å². The van der Waals surface area contributed by atoms with E-state index in [0.717, 1.165) is 22.3 Å². The van der Waals surface area contributed by atoms with Gasteiger partial charge in [0, 0.05) is 20.4 Å². The summed E-state index contributed by atoms with van der Waals surface area (Å²) in [6, 6.07) is 39.1. The van der Waals surface area contributed by atoms with Gasteiger partial charge in [-0.3, -0.25) is 9.59 Å². The van der Waals surface area contributed by atoms with E-state index in [4.69, 9.17) is 0 Å². The number of unbranched alkanes of at least 4 members (excludes halogenated alkanes) is 6. The number of hydrogen-bond acceptors (Lipinski definition) is 2. The fourth-order valence-electron chi connectivity index (χ4n) is 6.90. The van der Waals surface area contributed by atoms with Gasteiger partial charge in [0.1, 0.15) is 0 Å². The molecule has 0 radical (unpaired) electrons. The molecule has 0 bridgehead atoms. The number of hydrogen-bond donors (Lipinski definition) is 0. The molecule has 0 heterocycles. The molecule has 2 nitrogen and oxygen atoms in total. The number of rotatable bonds is 26. The second-order valence-electron chi connectivity index (χ2n) is 16.4. The average Bonchev–Trinajstić information content (AvgIpc) is 3.33. The van der Waals surface area contributed by atoms with Crippen LogP contribution in [0.1, 0.15) is 141 Å². The van der Waals surface area contributed by atoms with Crippen LogP contribution >= 0.6 is 0 Å². The van der Waals surface area contributed by atoms with E-state index in [9.17, 15) is 9.59 Å². The quantitative estimate of drug-likeness (QED) is 0.0464. The van der Waals surface area contributed by atoms with Gasteiger partial charge in [-0.1, -0.05) is 146 Å². The average molecular weight is 1160 g/mol. The topological polar surface area (TPSA) is 34.1 Å². The van der Waals surface area contributed by atoms with Gasteiger partial charge in [-0.25, -0.2) is 0 Å². The maximum atomic E-state index is 11.6. The second kappa shape index (κ2) is 44.6. The summed E-state index contributed by atoms with van der Waals surface area (Å²) in [6.45, 7) is 14.0. The molecule has 0 saturated heterocycles. The van der Waals surface area contributed by atoms with Crippen LogP contribution in [-0.4, -0.2) is 51.1 Å². The molecule has 0 atom stereocenters. The molecule has 63 heavy (non-hydrogen) atoms. The van der Waals surface area contributed by atoms with E-state index >= 15 is 0 Å². The van der Waals surface area contributed by atoms with Crippen LogP contribution in [0.2, 0.25) is 26.6 Å². The first-order chi connectivity index (χ1) is 30.4. The van der Waals surface area contributed by atoms with Crippen LogP contribution < -0.4 is 0 Å². The summed E-state index contributed by atoms with van der Waals surface area (Å²) in [7, 11) is 0. The molecule has 4 rings (SSSR count). The smallest absolute Gasteiger partial charge is 0.178 e. The van der Waals surface area contributed by atoms with E-state index in [2.05, 4.69) is 41.5 Å². The molecular weight excluding hydrogens is 1070 g/mol. The Morgan fingerprint density at radius 2 is 0.508 bits per heavy atom. The second-order valence-corrected chi connectivity index (χ2v) is 36.1. The van der Waals surface area contributed by atoms with Gasteiger partial charge in [0.15, 0.2) is 11.6 Å². The molecule has 0 aliphatic rings. The van der Waals surface area contributed by atoms with Gasteiger partial charge in [-0.15, -0.1) is 0 Å². The van der Waals surface area contributed by atoms with Crippen LogP contribution in [0.5, 0.6) is 0 Å². The van der Waals surface area contributed by atoms with Gasteiger partial charge in [0.2, 0.25) is 0 Å². The first kappa shape index (κ1) is 60.4. The van der Waals surface area contributed by atoms with Crippen molar-refractivity contribution in [2.75, 3.05) is 0 Å². The number of allylic oxidation sites excluding steroid dienone is 4. The number of carbonyl (C=O) groups excluding carboxylic acids is 2. The molecule has 0 saturated carbocycles. The summed E-state index contributed by atoms with van der Waals surface area (Å²) in [5.41, 5.74) is 4.11. The minimum absolute atomic E-state index is 0. The molecule has 0 aliphatic heterocycles. The normalized spacial score (nSPS) is 10.9. The summed E-state index contributed by atoms with van der Waals surface area (Å²) in [5, 5.41) is 0. The van der Waals surface area contributed by atoms with E-state index in [1.807, 2.05) is 146 Å². The van der Waals surface area contributed by atoms with Gasteiger partial charge in [0.25, 0.3) is 0 Å². The molecule has 0 fully saturated rings. The van der Waals surface area contributed by atoms with Crippen LogP contribution in [0.3, 0.4) is 0 Å². The van der Waals surface area contributed by atoms with Crippen LogP contribution in [0, 0.1) is 0 Å². The Bertz CT molecular complexity index is 1470. The molecule has 0 unspecified atom stereocenters. The van der Waals surface area contributed by atoms with Gasteiger partial charge in [0.05, 0.1) is 0 Å². The van der Waals surface area contributed by atoms with Crippen molar-refractivity contribution < 1.29 is 30.0 Å². The SMILES string of the molecule is CCC[CH2][SnH]([CH2]CCC)[CH2]CCC.CCC[CH2][SnH]([CH2]CCC)[CH2]CCC.O=C(C=Cc1ccccc1)C=Cc1ccccc1.O=C(C=Cc1ccccc1)C=Cc1ccccc1.[Pd]. The van der Waals surface area contributed by atoms with Crippen molar-refractivity contribution in [3.63, 3.8) is 0 Å². The number of carbonyl (C=O) groups is 2. The summed E-state index contributed by atoms with van der Waals surface area (Å²) < 4.78 is 10.2. The third-order valence-corrected chi connectivity index (χ3v) is 31.7. The fourth-order valence-corrected chi connectivity index (χ4v) is 28.7.